The Morgan fingerprint density at radius 1 is 1.69 bits per heavy atom. The minimum Gasteiger partial charge on any atom is -0.478 e. The topological polar surface area (TPSA) is 67.6 Å². The van der Waals surface area contributed by atoms with E-state index < -0.39 is 5.97 Å². The predicted molar refractivity (Wildman–Crippen MR) is 58.4 cm³/mol. The monoisotopic (exact) mass is 227 g/mol. The van der Waals surface area contributed by atoms with Crippen molar-refractivity contribution in [2.24, 2.45) is 7.05 Å². The first-order chi connectivity index (χ1) is 7.56. The van der Waals surface area contributed by atoms with Crippen LogP contribution in [0, 0.1) is 0 Å². The number of carboxylic acids is 1. The van der Waals surface area contributed by atoms with E-state index in [1.54, 1.807) is 18.8 Å². The maximum atomic E-state index is 10.9. The fourth-order valence-electron chi connectivity index (χ4n) is 1.41. The molecule has 0 fully saturated rings. The molecule has 1 aromatic heterocycles. The van der Waals surface area contributed by atoms with Gasteiger partial charge in [0, 0.05) is 27.2 Å². The van der Waals surface area contributed by atoms with Crippen molar-refractivity contribution < 1.29 is 14.6 Å². The van der Waals surface area contributed by atoms with E-state index in [2.05, 4.69) is 5.10 Å². The number of hydrogen-bond donors (Lipinski definition) is 1. The predicted octanol–water partition coefficient (Wildman–Crippen LogP) is 0.196. The van der Waals surface area contributed by atoms with Crippen molar-refractivity contribution in [1.82, 2.24) is 14.7 Å². The number of aromatic carboxylic acids is 1. The number of aromatic nitrogens is 2. The third-order valence-electron chi connectivity index (χ3n) is 2.39. The van der Waals surface area contributed by atoms with Crippen molar-refractivity contribution in [3.05, 3.63) is 17.5 Å². The van der Waals surface area contributed by atoms with Crippen molar-refractivity contribution in [2.45, 2.75) is 6.54 Å². The lowest BCUT2D eigenvalue weighted by Gasteiger charge is -2.16. The third-order valence-corrected chi connectivity index (χ3v) is 2.39. The number of methoxy groups -OCH3 is 1. The molecule has 1 aromatic rings. The van der Waals surface area contributed by atoms with Crippen LogP contribution in [0.1, 0.15) is 16.1 Å². The summed E-state index contributed by atoms with van der Waals surface area (Å²) in [6.45, 7) is 1.92. The van der Waals surface area contributed by atoms with Gasteiger partial charge in [0.15, 0.2) is 0 Å². The lowest BCUT2D eigenvalue weighted by molar-refractivity contribution is 0.0694. The van der Waals surface area contributed by atoms with Crippen LogP contribution in [0.2, 0.25) is 0 Å². The third kappa shape index (κ3) is 3.04. The van der Waals surface area contributed by atoms with Crippen LogP contribution in [0.5, 0.6) is 0 Å². The molecule has 0 aromatic carbocycles. The van der Waals surface area contributed by atoms with Crippen LogP contribution in [-0.4, -0.2) is 53.1 Å². The number of carbonyl (C=O) groups is 1. The summed E-state index contributed by atoms with van der Waals surface area (Å²) in [6, 6.07) is 0. The molecule has 1 N–H and O–H groups in total. The summed E-state index contributed by atoms with van der Waals surface area (Å²) in [4.78, 5) is 12.9. The first-order valence-electron chi connectivity index (χ1n) is 4.98. The second kappa shape index (κ2) is 5.62. The van der Waals surface area contributed by atoms with Crippen LogP contribution >= 0.6 is 0 Å². The number of ether oxygens (including phenoxy) is 1. The van der Waals surface area contributed by atoms with Gasteiger partial charge in [-0.25, -0.2) is 4.79 Å². The van der Waals surface area contributed by atoms with Crippen LogP contribution in [-0.2, 0) is 18.3 Å². The number of hydrogen-bond acceptors (Lipinski definition) is 4. The molecule has 1 rings (SSSR count). The molecule has 0 aliphatic rings. The lowest BCUT2D eigenvalue weighted by atomic mass is 10.2. The zero-order valence-electron chi connectivity index (χ0n) is 9.80. The Bertz CT molecular complexity index is 362. The average molecular weight is 227 g/mol. The van der Waals surface area contributed by atoms with Crippen molar-refractivity contribution in [3.63, 3.8) is 0 Å². The lowest BCUT2D eigenvalue weighted by Crippen LogP contribution is -2.24. The zero-order chi connectivity index (χ0) is 12.1. The van der Waals surface area contributed by atoms with E-state index in [0.29, 0.717) is 18.8 Å². The standard InChI is InChI=1S/C10H17N3O3/c1-12(4-5-16-3)7-9-8(10(14)15)6-11-13(9)2/h6H,4-5,7H2,1-3H3,(H,14,15). The van der Waals surface area contributed by atoms with Gasteiger partial charge in [-0.05, 0) is 7.05 Å². The van der Waals surface area contributed by atoms with Gasteiger partial charge in [-0.2, -0.15) is 5.10 Å². The minimum absolute atomic E-state index is 0.256. The molecule has 0 unspecified atom stereocenters. The molecule has 0 aliphatic heterocycles. The Morgan fingerprint density at radius 3 is 2.94 bits per heavy atom. The van der Waals surface area contributed by atoms with E-state index in [0.717, 1.165) is 6.54 Å². The van der Waals surface area contributed by atoms with Gasteiger partial charge in [0.25, 0.3) is 0 Å². The average Bonchev–Trinajstić information content (AvgIpc) is 2.58. The van der Waals surface area contributed by atoms with Gasteiger partial charge >= 0.3 is 5.97 Å². The molecule has 90 valence electrons. The van der Waals surface area contributed by atoms with Crippen molar-refractivity contribution in [2.75, 3.05) is 27.3 Å². The number of rotatable bonds is 6. The van der Waals surface area contributed by atoms with Gasteiger partial charge in [-0.1, -0.05) is 0 Å². The van der Waals surface area contributed by atoms with E-state index in [1.165, 1.54) is 6.20 Å². The Labute approximate surface area is 94.4 Å². The van der Waals surface area contributed by atoms with Gasteiger partial charge in [0.1, 0.15) is 5.56 Å². The van der Waals surface area contributed by atoms with Crippen LogP contribution in [0.25, 0.3) is 0 Å². The summed E-state index contributed by atoms with van der Waals surface area (Å²) in [5, 5.41) is 12.9. The quantitative estimate of drug-likeness (QED) is 0.751. The first-order valence-corrected chi connectivity index (χ1v) is 4.98. The fraction of sp³-hybridized carbons (Fsp3) is 0.600. The molecule has 0 atom stereocenters. The molecule has 6 heteroatoms. The summed E-state index contributed by atoms with van der Waals surface area (Å²) in [5.41, 5.74) is 0.956. The van der Waals surface area contributed by atoms with E-state index in [4.69, 9.17) is 9.84 Å². The summed E-state index contributed by atoms with van der Waals surface area (Å²) in [5.74, 6) is -0.941. The van der Waals surface area contributed by atoms with Crippen molar-refractivity contribution >= 4 is 5.97 Å². The van der Waals surface area contributed by atoms with Crippen molar-refractivity contribution in [3.8, 4) is 0 Å². The smallest absolute Gasteiger partial charge is 0.339 e. The molecule has 0 radical (unpaired) electrons. The fourth-order valence-corrected chi connectivity index (χ4v) is 1.41. The highest BCUT2D eigenvalue weighted by Gasteiger charge is 2.16. The van der Waals surface area contributed by atoms with Crippen LogP contribution in [0.3, 0.4) is 0 Å². The molecular formula is C10H17N3O3. The Kier molecular flexibility index (Phi) is 4.45. The van der Waals surface area contributed by atoms with Gasteiger partial charge in [0.05, 0.1) is 18.5 Å². The molecule has 1 heterocycles. The van der Waals surface area contributed by atoms with E-state index in [-0.39, 0.29) is 5.56 Å². The van der Waals surface area contributed by atoms with Crippen molar-refractivity contribution in [1.29, 1.82) is 0 Å². The Morgan fingerprint density at radius 2 is 2.38 bits per heavy atom. The van der Waals surface area contributed by atoms with Gasteiger partial charge in [-0.3, -0.25) is 9.58 Å². The largest absolute Gasteiger partial charge is 0.478 e. The molecule has 6 nitrogen and oxygen atoms in total. The number of nitrogens with zero attached hydrogens (tertiary/aromatic N) is 3. The zero-order valence-corrected chi connectivity index (χ0v) is 9.80. The summed E-state index contributed by atoms with van der Waals surface area (Å²) in [7, 11) is 5.30. The summed E-state index contributed by atoms with van der Waals surface area (Å²) in [6.07, 6.45) is 1.38. The number of likely N-dealkylation sites (N-methyl/N-ethyl adjacent to an activating group) is 1. The second-order valence-electron chi connectivity index (χ2n) is 3.66. The van der Waals surface area contributed by atoms with Crippen LogP contribution in [0.4, 0.5) is 0 Å². The van der Waals surface area contributed by atoms with Gasteiger partial charge in [-0.15, -0.1) is 0 Å². The minimum atomic E-state index is -0.941. The number of aryl methyl sites for hydroxylation is 1. The molecule has 16 heavy (non-hydrogen) atoms. The van der Waals surface area contributed by atoms with E-state index in [1.807, 2.05) is 11.9 Å². The highest BCUT2D eigenvalue weighted by molar-refractivity contribution is 5.88. The highest BCUT2D eigenvalue weighted by Crippen LogP contribution is 2.09. The van der Waals surface area contributed by atoms with E-state index in [9.17, 15) is 4.79 Å². The van der Waals surface area contributed by atoms with Gasteiger partial charge in [0.2, 0.25) is 0 Å². The Hall–Kier alpha value is -1.40. The molecule has 0 amide bonds. The maximum absolute atomic E-state index is 10.9. The molecule has 0 saturated heterocycles. The van der Waals surface area contributed by atoms with Crippen LogP contribution < -0.4 is 0 Å². The van der Waals surface area contributed by atoms with Crippen LogP contribution in [0.15, 0.2) is 6.20 Å². The first kappa shape index (κ1) is 12.7. The normalized spacial score (nSPS) is 11.0. The Balaban J connectivity index is 2.71. The van der Waals surface area contributed by atoms with Gasteiger partial charge < -0.3 is 9.84 Å². The molecule has 0 aliphatic carbocycles. The number of carboxylic acid groups (broad SMARTS) is 1. The van der Waals surface area contributed by atoms with E-state index >= 15 is 0 Å². The second-order valence-corrected chi connectivity index (χ2v) is 3.66. The molecule has 0 bridgehead atoms. The summed E-state index contributed by atoms with van der Waals surface area (Å²) >= 11 is 0. The highest BCUT2D eigenvalue weighted by atomic mass is 16.5. The maximum Gasteiger partial charge on any atom is 0.339 e. The molecule has 0 saturated carbocycles. The summed E-state index contributed by atoms with van der Waals surface area (Å²) < 4.78 is 6.55. The molecular weight excluding hydrogens is 210 g/mol. The molecule has 0 spiro atoms. The SMILES string of the molecule is COCCN(C)Cc1c(C(=O)O)cnn1C.